The van der Waals surface area contributed by atoms with Gasteiger partial charge < -0.3 is 14.8 Å². The average molecular weight is 415 g/mol. The van der Waals surface area contributed by atoms with E-state index in [1.165, 1.54) is 6.42 Å². The molecule has 29 heavy (non-hydrogen) atoms. The third-order valence-corrected chi connectivity index (χ3v) is 6.97. The Balaban J connectivity index is 1.41. The largest absolute Gasteiger partial charge is 0.360 e. The second-order valence-electron chi connectivity index (χ2n) is 8.39. The summed E-state index contributed by atoms with van der Waals surface area (Å²) in [6.45, 7) is 8.96. The standard InChI is InChI=1S/C22H30N4O2S/c1-16(2)7-8-24-9-11-25(12-10-24)22(28)20-14-29-15-26(20)21(27)18-13-23-19-6-4-3-5-17(18)19/h3-6,13,16,20,23H,7-12,14-15H2,1-2H3. The van der Waals surface area contributed by atoms with Crippen LogP contribution in [0.2, 0.25) is 0 Å². The van der Waals surface area contributed by atoms with Crippen LogP contribution in [0.3, 0.4) is 0 Å². The number of benzene rings is 1. The number of aromatic nitrogens is 1. The molecule has 2 saturated heterocycles. The van der Waals surface area contributed by atoms with Crippen molar-refractivity contribution >= 4 is 34.5 Å². The summed E-state index contributed by atoms with van der Waals surface area (Å²) in [7, 11) is 0. The van der Waals surface area contributed by atoms with E-state index < -0.39 is 0 Å². The first-order valence-electron chi connectivity index (χ1n) is 10.5. The van der Waals surface area contributed by atoms with Gasteiger partial charge in [0.05, 0.1) is 11.4 Å². The van der Waals surface area contributed by atoms with Gasteiger partial charge in [-0.2, -0.15) is 0 Å². The van der Waals surface area contributed by atoms with Crippen LogP contribution in [0, 0.1) is 5.92 Å². The fraction of sp³-hybridized carbons (Fsp3) is 0.545. The van der Waals surface area contributed by atoms with E-state index in [0.717, 1.165) is 43.6 Å². The number of thioether (sulfide) groups is 1. The van der Waals surface area contributed by atoms with Gasteiger partial charge in [-0.15, -0.1) is 11.8 Å². The summed E-state index contributed by atoms with van der Waals surface area (Å²) >= 11 is 1.66. The number of rotatable bonds is 5. The number of aromatic amines is 1. The fourth-order valence-electron chi connectivity index (χ4n) is 4.09. The molecule has 1 aromatic carbocycles. The van der Waals surface area contributed by atoms with E-state index in [-0.39, 0.29) is 17.9 Å². The molecule has 1 aromatic heterocycles. The molecule has 1 atom stereocenters. The van der Waals surface area contributed by atoms with E-state index in [0.29, 0.717) is 23.1 Å². The van der Waals surface area contributed by atoms with Crippen LogP contribution in [0.1, 0.15) is 30.6 Å². The summed E-state index contributed by atoms with van der Waals surface area (Å²) in [6.07, 6.45) is 2.96. The number of carbonyl (C=O) groups excluding carboxylic acids is 2. The van der Waals surface area contributed by atoms with E-state index >= 15 is 0 Å². The van der Waals surface area contributed by atoms with E-state index in [4.69, 9.17) is 0 Å². The highest BCUT2D eigenvalue weighted by Crippen LogP contribution is 2.27. The molecule has 0 spiro atoms. The molecule has 156 valence electrons. The van der Waals surface area contributed by atoms with Crippen molar-refractivity contribution < 1.29 is 9.59 Å². The molecule has 1 unspecified atom stereocenters. The quantitative estimate of drug-likeness (QED) is 0.817. The van der Waals surface area contributed by atoms with E-state index in [1.807, 2.05) is 29.2 Å². The third-order valence-electron chi connectivity index (χ3n) is 5.95. The zero-order chi connectivity index (χ0) is 20.4. The van der Waals surface area contributed by atoms with Crippen LogP contribution in [0.25, 0.3) is 10.9 Å². The SMILES string of the molecule is CC(C)CCN1CCN(C(=O)C2CSCN2C(=O)c2c[nH]c3ccccc23)CC1. The number of nitrogens with one attached hydrogen (secondary N) is 1. The zero-order valence-electron chi connectivity index (χ0n) is 17.3. The van der Waals surface area contributed by atoms with Gasteiger partial charge in [0.15, 0.2) is 0 Å². The van der Waals surface area contributed by atoms with Crippen molar-refractivity contribution in [3.63, 3.8) is 0 Å². The Morgan fingerprint density at radius 1 is 1.17 bits per heavy atom. The Morgan fingerprint density at radius 3 is 2.69 bits per heavy atom. The minimum absolute atomic E-state index is 0.0543. The minimum Gasteiger partial charge on any atom is -0.360 e. The molecule has 0 bridgehead atoms. The van der Waals surface area contributed by atoms with Crippen molar-refractivity contribution in [1.82, 2.24) is 19.7 Å². The molecule has 0 saturated carbocycles. The Kier molecular flexibility index (Phi) is 6.15. The van der Waals surface area contributed by atoms with Gasteiger partial charge in [0.2, 0.25) is 5.91 Å². The van der Waals surface area contributed by atoms with Gasteiger partial charge in [-0.25, -0.2) is 0 Å². The predicted molar refractivity (Wildman–Crippen MR) is 118 cm³/mol. The van der Waals surface area contributed by atoms with Crippen molar-refractivity contribution in [2.24, 2.45) is 5.92 Å². The summed E-state index contributed by atoms with van der Waals surface area (Å²) < 4.78 is 0. The summed E-state index contributed by atoms with van der Waals surface area (Å²) in [5.74, 6) is 2.01. The van der Waals surface area contributed by atoms with Gasteiger partial charge in [0, 0.05) is 49.0 Å². The van der Waals surface area contributed by atoms with Gasteiger partial charge in [0.25, 0.3) is 5.91 Å². The molecule has 7 heteroatoms. The lowest BCUT2D eigenvalue weighted by Crippen LogP contribution is -2.55. The average Bonchev–Trinajstić information content (AvgIpc) is 3.39. The van der Waals surface area contributed by atoms with Crippen LogP contribution >= 0.6 is 11.8 Å². The lowest BCUT2D eigenvalue weighted by atomic mass is 10.1. The predicted octanol–water partition coefficient (Wildman–Crippen LogP) is 2.87. The monoisotopic (exact) mass is 414 g/mol. The molecule has 2 fully saturated rings. The van der Waals surface area contributed by atoms with Gasteiger partial charge in [-0.1, -0.05) is 32.0 Å². The smallest absolute Gasteiger partial charge is 0.257 e. The number of piperazine rings is 1. The molecule has 2 aliphatic rings. The Bertz CT molecular complexity index is 873. The molecule has 6 nitrogen and oxygen atoms in total. The van der Waals surface area contributed by atoms with Crippen LogP contribution < -0.4 is 0 Å². The summed E-state index contributed by atoms with van der Waals surface area (Å²) in [6, 6.07) is 7.45. The van der Waals surface area contributed by atoms with E-state index in [2.05, 4.69) is 23.7 Å². The minimum atomic E-state index is -0.358. The first-order valence-corrected chi connectivity index (χ1v) is 11.7. The zero-order valence-corrected chi connectivity index (χ0v) is 18.1. The molecular weight excluding hydrogens is 384 g/mol. The third kappa shape index (κ3) is 4.31. The van der Waals surface area contributed by atoms with Crippen LogP contribution in [0.15, 0.2) is 30.5 Å². The van der Waals surface area contributed by atoms with Gasteiger partial charge in [-0.05, 0) is 24.9 Å². The van der Waals surface area contributed by atoms with Crippen molar-refractivity contribution in [3.05, 3.63) is 36.0 Å². The molecule has 2 amide bonds. The molecule has 4 rings (SSSR count). The molecule has 2 aliphatic heterocycles. The number of nitrogens with zero attached hydrogens (tertiary/aromatic N) is 3. The van der Waals surface area contributed by atoms with Gasteiger partial charge in [-0.3, -0.25) is 14.5 Å². The lowest BCUT2D eigenvalue weighted by molar-refractivity contribution is -0.136. The van der Waals surface area contributed by atoms with E-state index in [1.54, 1.807) is 22.9 Å². The van der Waals surface area contributed by atoms with Crippen LogP contribution in [0.5, 0.6) is 0 Å². The highest BCUT2D eigenvalue weighted by Gasteiger charge is 2.38. The molecule has 1 N–H and O–H groups in total. The maximum atomic E-state index is 13.2. The molecule has 3 heterocycles. The normalized spacial score (nSPS) is 20.7. The molecule has 2 aromatic rings. The van der Waals surface area contributed by atoms with Crippen molar-refractivity contribution in [3.8, 4) is 0 Å². The van der Waals surface area contributed by atoms with Crippen LogP contribution in [-0.2, 0) is 4.79 Å². The summed E-state index contributed by atoms with van der Waals surface area (Å²) in [5, 5.41) is 0.916. The number of amides is 2. The molecule has 0 radical (unpaired) electrons. The first-order chi connectivity index (χ1) is 14.0. The van der Waals surface area contributed by atoms with Crippen LogP contribution in [0.4, 0.5) is 0 Å². The van der Waals surface area contributed by atoms with Crippen molar-refractivity contribution in [1.29, 1.82) is 0 Å². The number of para-hydroxylation sites is 1. The second kappa shape index (κ2) is 8.79. The van der Waals surface area contributed by atoms with Gasteiger partial charge in [0.1, 0.15) is 6.04 Å². The fourth-order valence-corrected chi connectivity index (χ4v) is 5.24. The Morgan fingerprint density at radius 2 is 1.93 bits per heavy atom. The van der Waals surface area contributed by atoms with Crippen molar-refractivity contribution in [2.75, 3.05) is 44.4 Å². The number of hydrogen-bond acceptors (Lipinski definition) is 4. The first kappa shape index (κ1) is 20.3. The number of carbonyl (C=O) groups is 2. The number of hydrogen-bond donors (Lipinski definition) is 1. The highest BCUT2D eigenvalue weighted by molar-refractivity contribution is 7.99. The molecular formula is C22H30N4O2S. The molecule has 0 aliphatic carbocycles. The number of fused-ring (bicyclic) bond motifs is 1. The Hall–Kier alpha value is -1.99. The maximum absolute atomic E-state index is 13.2. The summed E-state index contributed by atoms with van der Waals surface area (Å²) in [4.78, 5) is 35.8. The van der Waals surface area contributed by atoms with Gasteiger partial charge >= 0.3 is 0 Å². The maximum Gasteiger partial charge on any atom is 0.257 e. The number of H-pyrrole nitrogens is 1. The topological polar surface area (TPSA) is 59.6 Å². The summed E-state index contributed by atoms with van der Waals surface area (Å²) in [5.41, 5.74) is 1.60. The Labute approximate surface area is 176 Å². The van der Waals surface area contributed by atoms with Crippen molar-refractivity contribution in [2.45, 2.75) is 26.3 Å². The highest BCUT2D eigenvalue weighted by atomic mass is 32.2. The van der Waals surface area contributed by atoms with Crippen LogP contribution in [-0.4, -0.2) is 81.9 Å². The lowest BCUT2D eigenvalue weighted by Gasteiger charge is -2.37. The van der Waals surface area contributed by atoms with E-state index in [9.17, 15) is 9.59 Å². The second-order valence-corrected chi connectivity index (χ2v) is 9.39.